The molecule has 1 amide bonds. The SMILES string of the molecule is COc1ccc(OCC(=O)N/N=C2/CC[C@@H]3CCCC[C@@H]3C2)cc1. The Morgan fingerprint density at radius 3 is 2.58 bits per heavy atom. The Morgan fingerprint density at radius 1 is 1.12 bits per heavy atom. The Morgan fingerprint density at radius 2 is 1.83 bits per heavy atom. The van der Waals surface area contributed by atoms with Gasteiger partial charge >= 0.3 is 0 Å². The van der Waals surface area contributed by atoms with E-state index < -0.39 is 0 Å². The summed E-state index contributed by atoms with van der Waals surface area (Å²) in [6.45, 7) is -0.0326. The van der Waals surface area contributed by atoms with Crippen molar-refractivity contribution in [1.82, 2.24) is 5.43 Å². The number of hydrazone groups is 1. The second kappa shape index (κ2) is 8.18. The largest absolute Gasteiger partial charge is 0.497 e. The first kappa shape index (κ1) is 16.8. The van der Waals surface area contributed by atoms with Crippen LogP contribution in [-0.4, -0.2) is 25.3 Å². The van der Waals surface area contributed by atoms with Gasteiger partial charge in [0.05, 0.1) is 7.11 Å². The predicted octanol–water partition coefficient (Wildman–Crippen LogP) is 3.54. The van der Waals surface area contributed by atoms with Gasteiger partial charge in [-0.05, 0) is 61.8 Å². The zero-order chi connectivity index (χ0) is 16.8. The van der Waals surface area contributed by atoms with Crippen LogP contribution < -0.4 is 14.9 Å². The van der Waals surface area contributed by atoms with Gasteiger partial charge in [0.25, 0.3) is 5.91 Å². The molecule has 2 saturated carbocycles. The van der Waals surface area contributed by atoms with E-state index in [1.807, 2.05) is 0 Å². The molecule has 5 heteroatoms. The van der Waals surface area contributed by atoms with Crippen LogP contribution in [0.25, 0.3) is 0 Å². The Kier molecular flexibility index (Phi) is 5.72. The van der Waals surface area contributed by atoms with Gasteiger partial charge in [-0.3, -0.25) is 4.79 Å². The normalized spacial score (nSPS) is 25.0. The van der Waals surface area contributed by atoms with E-state index in [4.69, 9.17) is 9.47 Å². The highest BCUT2D eigenvalue weighted by Gasteiger charge is 2.30. The number of hydrogen-bond acceptors (Lipinski definition) is 4. The maximum atomic E-state index is 11.9. The molecular formula is C19H26N2O3. The van der Waals surface area contributed by atoms with E-state index in [0.29, 0.717) is 5.75 Å². The number of carbonyl (C=O) groups is 1. The molecule has 24 heavy (non-hydrogen) atoms. The number of nitrogens with zero attached hydrogens (tertiary/aromatic N) is 1. The lowest BCUT2D eigenvalue weighted by Gasteiger charge is -2.35. The van der Waals surface area contributed by atoms with E-state index >= 15 is 0 Å². The van der Waals surface area contributed by atoms with Crippen molar-refractivity contribution in [3.05, 3.63) is 24.3 Å². The molecule has 0 saturated heterocycles. The molecular weight excluding hydrogens is 304 g/mol. The maximum absolute atomic E-state index is 11.9. The number of carbonyl (C=O) groups excluding carboxylic acids is 1. The number of hydrogen-bond donors (Lipinski definition) is 1. The number of ether oxygens (including phenoxy) is 2. The third-order valence-corrected chi connectivity index (χ3v) is 5.14. The van der Waals surface area contributed by atoms with E-state index in [1.165, 1.54) is 32.1 Å². The highest BCUT2D eigenvalue weighted by Crippen LogP contribution is 2.39. The van der Waals surface area contributed by atoms with E-state index in [1.54, 1.807) is 31.4 Å². The number of methoxy groups -OCH3 is 1. The van der Waals surface area contributed by atoms with E-state index in [9.17, 15) is 4.79 Å². The molecule has 130 valence electrons. The minimum absolute atomic E-state index is 0.0326. The average molecular weight is 330 g/mol. The number of nitrogens with one attached hydrogen (secondary N) is 1. The van der Waals surface area contributed by atoms with Crippen LogP contribution in [0, 0.1) is 11.8 Å². The van der Waals surface area contributed by atoms with Crippen LogP contribution in [0.2, 0.25) is 0 Å². The number of amides is 1. The van der Waals surface area contributed by atoms with Gasteiger partial charge < -0.3 is 9.47 Å². The van der Waals surface area contributed by atoms with Crippen molar-refractivity contribution in [1.29, 1.82) is 0 Å². The highest BCUT2D eigenvalue weighted by atomic mass is 16.5. The minimum Gasteiger partial charge on any atom is -0.497 e. The van der Waals surface area contributed by atoms with E-state index in [2.05, 4.69) is 10.5 Å². The molecule has 0 bridgehead atoms. The van der Waals surface area contributed by atoms with Crippen molar-refractivity contribution in [2.24, 2.45) is 16.9 Å². The van der Waals surface area contributed by atoms with Crippen molar-refractivity contribution in [2.45, 2.75) is 44.9 Å². The van der Waals surface area contributed by atoms with Crippen molar-refractivity contribution < 1.29 is 14.3 Å². The zero-order valence-corrected chi connectivity index (χ0v) is 14.3. The lowest BCUT2D eigenvalue weighted by molar-refractivity contribution is -0.123. The van der Waals surface area contributed by atoms with E-state index in [-0.39, 0.29) is 12.5 Å². The second-order valence-electron chi connectivity index (χ2n) is 6.72. The molecule has 2 fully saturated rings. The fourth-order valence-electron chi connectivity index (χ4n) is 3.79. The molecule has 0 radical (unpaired) electrons. The molecule has 0 heterocycles. The van der Waals surface area contributed by atoms with Gasteiger partial charge in [0, 0.05) is 5.71 Å². The fraction of sp³-hybridized carbons (Fsp3) is 0.579. The van der Waals surface area contributed by atoms with Gasteiger partial charge in [0.1, 0.15) is 11.5 Å². The average Bonchev–Trinajstić information content (AvgIpc) is 2.65. The lowest BCUT2D eigenvalue weighted by atomic mass is 9.70. The Balaban J connectivity index is 1.43. The fourth-order valence-corrected chi connectivity index (χ4v) is 3.79. The molecule has 1 aromatic carbocycles. The summed E-state index contributed by atoms with van der Waals surface area (Å²) in [6, 6.07) is 7.16. The molecule has 0 spiro atoms. The monoisotopic (exact) mass is 330 g/mol. The molecule has 0 aromatic heterocycles. The van der Waals surface area contributed by atoms with Crippen molar-refractivity contribution >= 4 is 11.6 Å². The number of rotatable bonds is 5. The van der Waals surface area contributed by atoms with Crippen LogP contribution >= 0.6 is 0 Å². The van der Waals surface area contributed by atoms with Crippen molar-refractivity contribution in [2.75, 3.05) is 13.7 Å². The molecule has 0 unspecified atom stereocenters. The minimum atomic E-state index is -0.218. The summed E-state index contributed by atoms with van der Waals surface area (Å²) in [5.74, 6) is 2.84. The van der Waals surface area contributed by atoms with Gasteiger partial charge in [-0.25, -0.2) is 5.43 Å². The van der Waals surface area contributed by atoms with Gasteiger partial charge in [-0.2, -0.15) is 5.10 Å². The van der Waals surface area contributed by atoms with Crippen LogP contribution in [0.4, 0.5) is 0 Å². The first-order valence-corrected chi connectivity index (χ1v) is 8.85. The maximum Gasteiger partial charge on any atom is 0.277 e. The molecule has 0 aliphatic heterocycles. The first-order chi connectivity index (χ1) is 11.7. The van der Waals surface area contributed by atoms with Crippen molar-refractivity contribution in [3.63, 3.8) is 0 Å². The van der Waals surface area contributed by atoms with Crippen LogP contribution in [-0.2, 0) is 4.79 Å². The van der Waals surface area contributed by atoms with Crippen LogP contribution in [0.15, 0.2) is 29.4 Å². The standard InChI is InChI=1S/C19H26N2O3/c1-23-17-8-10-18(11-9-17)24-13-19(22)21-20-16-7-6-14-4-2-3-5-15(14)12-16/h8-11,14-15H,2-7,12-13H2,1H3,(H,21,22)/b20-16-/t14-,15+/m0/s1. The third kappa shape index (κ3) is 4.49. The number of fused-ring (bicyclic) bond motifs is 1. The summed E-state index contributed by atoms with van der Waals surface area (Å²) < 4.78 is 10.5. The summed E-state index contributed by atoms with van der Waals surface area (Å²) in [5, 5.41) is 4.33. The highest BCUT2D eigenvalue weighted by molar-refractivity contribution is 5.87. The summed E-state index contributed by atoms with van der Waals surface area (Å²) >= 11 is 0. The lowest BCUT2D eigenvalue weighted by Crippen LogP contribution is -2.31. The summed E-state index contributed by atoms with van der Waals surface area (Å²) in [5.41, 5.74) is 3.78. The van der Waals surface area contributed by atoms with Gasteiger partial charge in [0.2, 0.25) is 0 Å². The van der Waals surface area contributed by atoms with Gasteiger partial charge in [0.15, 0.2) is 6.61 Å². The topological polar surface area (TPSA) is 59.9 Å². The van der Waals surface area contributed by atoms with Crippen molar-refractivity contribution in [3.8, 4) is 11.5 Å². The number of benzene rings is 1. The summed E-state index contributed by atoms with van der Waals surface area (Å²) in [7, 11) is 1.61. The Bertz CT molecular complexity index is 583. The molecule has 1 N–H and O–H groups in total. The first-order valence-electron chi connectivity index (χ1n) is 8.85. The second-order valence-corrected chi connectivity index (χ2v) is 6.72. The molecule has 1 aromatic rings. The molecule has 2 aliphatic carbocycles. The Labute approximate surface area is 143 Å². The molecule has 2 atom stereocenters. The molecule has 5 nitrogen and oxygen atoms in total. The molecule has 3 rings (SSSR count). The van der Waals surface area contributed by atoms with Crippen LogP contribution in [0.3, 0.4) is 0 Å². The summed E-state index contributed by atoms with van der Waals surface area (Å²) in [6.07, 6.45) is 8.70. The zero-order valence-electron chi connectivity index (χ0n) is 14.3. The van der Waals surface area contributed by atoms with E-state index in [0.717, 1.165) is 36.1 Å². The van der Waals surface area contributed by atoms with Crippen LogP contribution in [0.1, 0.15) is 44.9 Å². The summed E-state index contributed by atoms with van der Waals surface area (Å²) in [4.78, 5) is 11.9. The quantitative estimate of drug-likeness (QED) is 0.840. The smallest absolute Gasteiger partial charge is 0.277 e. The van der Waals surface area contributed by atoms with Crippen LogP contribution in [0.5, 0.6) is 11.5 Å². The van der Waals surface area contributed by atoms with Gasteiger partial charge in [-0.15, -0.1) is 0 Å². The third-order valence-electron chi connectivity index (χ3n) is 5.14. The van der Waals surface area contributed by atoms with Gasteiger partial charge in [-0.1, -0.05) is 19.3 Å². The Hall–Kier alpha value is -2.04. The molecule has 2 aliphatic rings. The predicted molar refractivity (Wildman–Crippen MR) is 93.4 cm³/mol.